The van der Waals surface area contributed by atoms with Crippen molar-refractivity contribution in [2.75, 3.05) is 5.32 Å². The molecule has 4 heteroatoms. The van der Waals surface area contributed by atoms with Crippen molar-refractivity contribution in [2.45, 2.75) is 20.5 Å². The van der Waals surface area contributed by atoms with Gasteiger partial charge in [-0.25, -0.2) is 9.97 Å². The summed E-state index contributed by atoms with van der Waals surface area (Å²) in [6.45, 7) is 4.06. The topological polar surface area (TPSA) is 58.0 Å². The fourth-order valence-electron chi connectivity index (χ4n) is 1.54. The average molecular weight is 229 g/mol. The summed E-state index contributed by atoms with van der Waals surface area (Å²) in [4.78, 5) is 7.99. The van der Waals surface area contributed by atoms with Crippen molar-refractivity contribution in [3.05, 3.63) is 47.4 Å². The van der Waals surface area contributed by atoms with Crippen LogP contribution in [0.5, 0.6) is 0 Å². The molecule has 0 aliphatic heterocycles. The molecule has 0 atom stereocenters. The Morgan fingerprint density at radius 1 is 1.24 bits per heavy atom. The lowest BCUT2D eigenvalue weighted by Crippen LogP contribution is -2.00. The second kappa shape index (κ2) is 4.93. The van der Waals surface area contributed by atoms with E-state index in [4.69, 9.17) is 0 Å². The van der Waals surface area contributed by atoms with Crippen molar-refractivity contribution in [2.24, 2.45) is 0 Å². The van der Waals surface area contributed by atoms with E-state index in [1.54, 1.807) is 6.20 Å². The zero-order valence-electron chi connectivity index (χ0n) is 9.94. The molecule has 0 spiro atoms. The molecule has 4 nitrogen and oxygen atoms in total. The molecule has 0 fully saturated rings. The highest BCUT2D eigenvalue weighted by molar-refractivity contribution is 5.60. The quantitative estimate of drug-likeness (QED) is 0.848. The molecule has 1 heterocycles. The third-order valence-electron chi connectivity index (χ3n) is 2.73. The largest absolute Gasteiger partial charge is 0.391 e. The molecule has 0 saturated heterocycles. The maximum absolute atomic E-state index is 9.18. The lowest BCUT2D eigenvalue weighted by molar-refractivity contribution is 0.281. The molecule has 0 radical (unpaired) electrons. The third kappa shape index (κ3) is 2.60. The van der Waals surface area contributed by atoms with E-state index in [1.165, 1.54) is 17.5 Å². The van der Waals surface area contributed by atoms with Gasteiger partial charge in [-0.15, -0.1) is 0 Å². The van der Waals surface area contributed by atoms with Gasteiger partial charge in [0, 0.05) is 17.4 Å². The zero-order chi connectivity index (χ0) is 12.3. The standard InChI is InChI=1S/C13H15N3O/c1-9-3-4-12(5-10(9)2)16-13-11(7-17)6-14-8-15-13/h3-6,8,17H,7H2,1-2H3,(H,14,15,16). The van der Waals surface area contributed by atoms with Gasteiger partial charge in [0.2, 0.25) is 0 Å². The summed E-state index contributed by atoms with van der Waals surface area (Å²) < 4.78 is 0. The second-order valence-corrected chi connectivity index (χ2v) is 3.98. The number of aliphatic hydroxyl groups is 1. The number of aromatic nitrogens is 2. The van der Waals surface area contributed by atoms with Crippen LogP contribution in [0.15, 0.2) is 30.7 Å². The maximum atomic E-state index is 9.18. The Morgan fingerprint density at radius 2 is 2.06 bits per heavy atom. The monoisotopic (exact) mass is 229 g/mol. The van der Waals surface area contributed by atoms with E-state index in [0.717, 1.165) is 5.69 Å². The highest BCUT2D eigenvalue weighted by Crippen LogP contribution is 2.20. The Balaban J connectivity index is 2.28. The Bertz CT molecular complexity index is 526. The van der Waals surface area contributed by atoms with Crippen LogP contribution < -0.4 is 5.32 Å². The zero-order valence-corrected chi connectivity index (χ0v) is 9.94. The molecule has 0 saturated carbocycles. The molecule has 0 unspecified atom stereocenters. The van der Waals surface area contributed by atoms with Crippen molar-refractivity contribution < 1.29 is 5.11 Å². The second-order valence-electron chi connectivity index (χ2n) is 3.98. The normalized spacial score (nSPS) is 10.3. The van der Waals surface area contributed by atoms with Crippen LogP contribution >= 0.6 is 0 Å². The minimum absolute atomic E-state index is 0.0754. The van der Waals surface area contributed by atoms with E-state index in [1.807, 2.05) is 6.07 Å². The predicted molar refractivity (Wildman–Crippen MR) is 67.2 cm³/mol. The van der Waals surface area contributed by atoms with Crippen LogP contribution in [0.25, 0.3) is 0 Å². The Labute approximate surface area is 100 Å². The molecule has 17 heavy (non-hydrogen) atoms. The number of nitrogens with one attached hydrogen (secondary N) is 1. The molecule has 0 amide bonds. The van der Waals surface area contributed by atoms with Gasteiger partial charge in [-0.05, 0) is 37.1 Å². The van der Waals surface area contributed by atoms with Crippen LogP contribution in [0.4, 0.5) is 11.5 Å². The van der Waals surface area contributed by atoms with Gasteiger partial charge in [-0.2, -0.15) is 0 Å². The van der Waals surface area contributed by atoms with Crippen LogP contribution in [0.1, 0.15) is 16.7 Å². The summed E-state index contributed by atoms with van der Waals surface area (Å²) in [5.74, 6) is 0.644. The maximum Gasteiger partial charge on any atom is 0.139 e. The van der Waals surface area contributed by atoms with Crippen LogP contribution in [0.3, 0.4) is 0 Å². The first-order chi connectivity index (χ1) is 8.20. The van der Waals surface area contributed by atoms with E-state index < -0.39 is 0 Å². The summed E-state index contributed by atoms with van der Waals surface area (Å²) in [5.41, 5.74) is 4.11. The number of nitrogens with zero attached hydrogens (tertiary/aromatic N) is 2. The number of aryl methyl sites for hydroxylation is 2. The minimum Gasteiger partial charge on any atom is -0.391 e. The number of benzene rings is 1. The third-order valence-corrected chi connectivity index (χ3v) is 2.73. The van der Waals surface area contributed by atoms with Crippen LogP contribution in [-0.2, 0) is 6.61 Å². The van der Waals surface area contributed by atoms with Crippen LogP contribution in [0.2, 0.25) is 0 Å². The molecule has 0 bridgehead atoms. The highest BCUT2D eigenvalue weighted by atomic mass is 16.3. The average Bonchev–Trinajstić information content (AvgIpc) is 2.34. The summed E-state index contributed by atoms with van der Waals surface area (Å²) in [6, 6.07) is 6.10. The summed E-state index contributed by atoms with van der Waals surface area (Å²) in [5, 5.41) is 12.4. The molecule has 0 aliphatic carbocycles. The summed E-state index contributed by atoms with van der Waals surface area (Å²) in [6.07, 6.45) is 3.07. The van der Waals surface area contributed by atoms with E-state index in [2.05, 4.69) is 41.3 Å². The first-order valence-corrected chi connectivity index (χ1v) is 5.44. The number of hydrogen-bond acceptors (Lipinski definition) is 4. The molecule has 2 aromatic rings. The van der Waals surface area contributed by atoms with Gasteiger partial charge < -0.3 is 10.4 Å². The smallest absolute Gasteiger partial charge is 0.139 e. The highest BCUT2D eigenvalue weighted by Gasteiger charge is 2.03. The van der Waals surface area contributed by atoms with Crippen molar-refractivity contribution in [3.8, 4) is 0 Å². The number of aliphatic hydroxyl groups excluding tert-OH is 1. The number of rotatable bonds is 3. The molecule has 0 aliphatic rings. The molecule has 1 aromatic carbocycles. The minimum atomic E-state index is -0.0754. The predicted octanol–water partition coefficient (Wildman–Crippen LogP) is 2.33. The van der Waals surface area contributed by atoms with Crippen molar-refractivity contribution >= 4 is 11.5 Å². The van der Waals surface area contributed by atoms with Gasteiger partial charge >= 0.3 is 0 Å². The van der Waals surface area contributed by atoms with E-state index in [-0.39, 0.29) is 6.61 Å². The van der Waals surface area contributed by atoms with Gasteiger partial charge in [0.15, 0.2) is 0 Å². The fourth-order valence-corrected chi connectivity index (χ4v) is 1.54. The van der Waals surface area contributed by atoms with Gasteiger partial charge in [0.25, 0.3) is 0 Å². The van der Waals surface area contributed by atoms with Crippen molar-refractivity contribution in [3.63, 3.8) is 0 Å². The Kier molecular flexibility index (Phi) is 3.35. The van der Waals surface area contributed by atoms with Crippen molar-refractivity contribution in [1.29, 1.82) is 0 Å². The molecule has 2 N–H and O–H groups in total. The lowest BCUT2D eigenvalue weighted by atomic mass is 10.1. The molecular weight excluding hydrogens is 214 g/mol. The summed E-state index contributed by atoms with van der Waals surface area (Å²) in [7, 11) is 0. The van der Waals surface area contributed by atoms with Crippen molar-refractivity contribution in [1.82, 2.24) is 9.97 Å². The van der Waals surface area contributed by atoms with E-state index in [0.29, 0.717) is 11.4 Å². The first kappa shape index (κ1) is 11.5. The first-order valence-electron chi connectivity index (χ1n) is 5.44. The van der Waals surface area contributed by atoms with Gasteiger partial charge in [-0.1, -0.05) is 6.07 Å². The summed E-state index contributed by atoms with van der Waals surface area (Å²) >= 11 is 0. The fraction of sp³-hybridized carbons (Fsp3) is 0.231. The Morgan fingerprint density at radius 3 is 2.76 bits per heavy atom. The van der Waals surface area contributed by atoms with E-state index >= 15 is 0 Å². The Hall–Kier alpha value is -1.94. The van der Waals surface area contributed by atoms with Gasteiger partial charge in [0.05, 0.1) is 6.61 Å². The van der Waals surface area contributed by atoms with E-state index in [9.17, 15) is 5.11 Å². The van der Waals surface area contributed by atoms with Gasteiger partial charge in [0.1, 0.15) is 12.1 Å². The van der Waals surface area contributed by atoms with Crippen LogP contribution in [0, 0.1) is 13.8 Å². The SMILES string of the molecule is Cc1ccc(Nc2ncncc2CO)cc1C. The molecule has 1 aromatic heterocycles. The lowest BCUT2D eigenvalue weighted by Gasteiger charge is -2.10. The molecule has 88 valence electrons. The molecular formula is C13H15N3O. The van der Waals surface area contributed by atoms with Crippen LogP contribution in [-0.4, -0.2) is 15.1 Å². The number of anilines is 2. The molecule has 2 rings (SSSR count). The van der Waals surface area contributed by atoms with Gasteiger partial charge in [-0.3, -0.25) is 0 Å². The number of hydrogen-bond donors (Lipinski definition) is 2.